The Balaban J connectivity index is 2.11. The molecule has 1 amide bonds. The van der Waals surface area contributed by atoms with Crippen molar-refractivity contribution in [2.45, 2.75) is 11.3 Å². The van der Waals surface area contributed by atoms with Gasteiger partial charge in [-0.3, -0.25) is 4.79 Å². The maximum Gasteiger partial charge on any atom is 0.236 e. The Morgan fingerprint density at radius 3 is 2.76 bits per heavy atom. The Morgan fingerprint density at radius 1 is 1.41 bits per heavy atom. The maximum atomic E-state index is 13.1. The zero-order valence-electron chi connectivity index (χ0n) is 9.07. The summed E-state index contributed by atoms with van der Waals surface area (Å²) in [6.45, 7) is 0. The molecule has 17 heavy (non-hydrogen) atoms. The normalized spacial score (nSPS) is 23.1. The van der Waals surface area contributed by atoms with Crippen molar-refractivity contribution in [1.82, 2.24) is 5.32 Å². The fourth-order valence-electron chi connectivity index (χ4n) is 1.64. The number of hydrogen-bond acceptors (Lipinski definition) is 3. The summed E-state index contributed by atoms with van der Waals surface area (Å²) >= 11 is 1.33. The van der Waals surface area contributed by atoms with Crippen LogP contribution in [-0.4, -0.2) is 24.2 Å². The van der Waals surface area contributed by atoms with Crippen LogP contribution in [0.3, 0.4) is 0 Å². The minimum Gasteiger partial charge on any atom is -0.374 e. The molecule has 6 heteroatoms. The summed E-state index contributed by atoms with van der Waals surface area (Å²) in [5.41, 5.74) is 0.567. The largest absolute Gasteiger partial charge is 0.374 e. The van der Waals surface area contributed by atoms with E-state index in [1.165, 1.54) is 24.9 Å². The molecule has 1 aliphatic rings. The van der Waals surface area contributed by atoms with Crippen molar-refractivity contribution in [3.63, 3.8) is 0 Å². The predicted molar refractivity (Wildman–Crippen MR) is 60.5 cm³/mol. The first kappa shape index (κ1) is 12.3. The number of carbonyl (C=O) groups is 1. The molecule has 0 saturated carbocycles. The van der Waals surface area contributed by atoms with Gasteiger partial charge in [0.25, 0.3) is 0 Å². The van der Waals surface area contributed by atoms with Crippen molar-refractivity contribution in [3.05, 3.63) is 35.4 Å². The van der Waals surface area contributed by atoms with Crippen LogP contribution in [0.1, 0.15) is 11.6 Å². The number of methoxy groups -OCH3 is 1. The number of amides is 1. The Morgan fingerprint density at radius 2 is 2.18 bits per heavy atom. The van der Waals surface area contributed by atoms with Gasteiger partial charge in [0.1, 0.15) is 5.25 Å². The zero-order valence-corrected chi connectivity index (χ0v) is 9.89. The molecule has 1 saturated heterocycles. The highest BCUT2D eigenvalue weighted by Crippen LogP contribution is 2.34. The first-order chi connectivity index (χ1) is 8.13. The lowest BCUT2D eigenvalue weighted by atomic mass is 9.96. The van der Waals surface area contributed by atoms with E-state index in [1.807, 2.05) is 0 Å². The number of thioether (sulfide) groups is 1. The van der Waals surface area contributed by atoms with E-state index < -0.39 is 11.6 Å². The molecule has 1 N–H and O–H groups in total. The second kappa shape index (κ2) is 5.01. The third-order valence-electron chi connectivity index (χ3n) is 2.53. The van der Waals surface area contributed by atoms with Crippen molar-refractivity contribution < 1.29 is 18.3 Å². The number of benzene rings is 1. The van der Waals surface area contributed by atoms with Gasteiger partial charge in [0.2, 0.25) is 5.91 Å². The van der Waals surface area contributed by atoms with Gasteiger partial charge in [-0.2, -0.15) is 0 Å². The molecular formula is C11H11F2NO2S. The molecule has 1 aromatic carbocycles. The smallest absolute Gasteiger partial charge is 0.236 e. The summed E-state index contributed by atoms with van der Waals surface area (Å²) in [6, 6.07) is 3.37. The molecule has 1 aliphatic heterocycles. The topological polar surface area (TPSA) is 38.3 Å². The second-order valence-electron chi connectivity index (χ2n) is 3.65. The zero-order chi connectivity index (χ0) is 12.4. The van der Waals surface area contributed by atoms with Crippen molar-refractivity contribution in [2.24, 2.45) is 0 Å². The lowest BCUT2D eigenvalue weighted by Gasteiger charge is -2.36. The van der Waals surface area contributed by atoms with Gasteiger partial charge in [-0.15, -0.1) is 11.8 Å². The molecule has 1 heterocycles. The number of nitrogens with one attached hydrogen (secondary N) is 1. The van der Waals surface area contributed by atoms with Gasteiger partial charge in [0, 0.05) is 7.11 Å². The summed E-state index contributed by atoms with van der Waals surface area (Å²) in [5, 5.41) is 2.35. The van der Waals surface area contributed by atoms with Crippen LogP contribution < -0.4 is 5.32 Å². The van der Waals surface area contributed by atoms with Crippen molar-refractivity contribution in [2.75, 3.05) is 13.0 Å². The molecule has 0 radical (unpaired) electrons. The van der Waals surface area contributed by atoms with Crippen LogP contribution in [-0.2, 0) is 9.53 Å². The number of β-lactam (4-membered cyclic amide) rings is 1. The lowest BCUT2D eigenvalue weighted by Crippen LogP contribution is -2.54. The van der Waals surface area contributed by atoms with E-state index in [0.717, 1.165) is 12.1 Å². The van der Waals surface area contributed by atoms with Crippen LogP contribution in [0.5, 0.6) is 0 Å². The Labute approximate surface area is 102 Å². The quantitative estimate of drug-likeness (QED) is 0.662. The molecule has 2 atom stereocenters. The lowest BCUT2D eigenvalue weighted by molar-refractivity contribution is -0.127. The van der Waals surface area contributed by atoms with Gasteiger partial charge in [-0.1, -0.05) is 6.07 Å². The molecule has 2 unspecified atom stereocenters. The molecule has 0 aliphatic carbocycles. The van der Waals surface area contributed by atoms with Crippen molar-refractivity contribution in [3.8, 4) is 0 Å². The number of hydrogen-bond donors (Lipinski definition) is 1. The first-order valence-corrected chi connectivity index (χ1v) is 6.04. The van der Waals surface area contributed by atoms with Gasteiger partial charge in [0.15, 0.2) is 11.6 Å². The molecule has 1 fully saturated rings. The minimum atomic E-state index is -0.904. The molecule has 3 nitrogen and oxygen atoms in total. The highest BCUT2D eigenvalue weighted by Gasteiger charge is 2.40. The standard InChI is InChI=1S/C11H11F2NO2S/c1-16-5-17-10-9(14-11(10)15)6-2-3-7(12)8(13)4-6/h2-4,9-10H,5H2,1H3,(H,14,15). The van der Waals surface area contributed by atoms with Crippen LogP contribution in [0.4, 0.5) is 8.78 Å². The van der Waals surface area contributed by atoms with Crippen molar-refractivity contribution >= 4 is 17.7 Å². The molecule has 0 spiro atoms. The summed E-state index contributed by atoms with van der Waals surface area (Å²) < 4.78 is 30.7. The SMILES string of the molecule is COCSC1C(=O)NC1c1ccc(F)c(F)c1. The van der Waals surface area contributed by atoms with Crippen LogP contribution in [0.2, 0.25) is 0 Å². The summed E-state index contributed by atoms with van der Waals surface area (Å²) in [6.07, 6.45) is 0. The van der Waals surface area contributed by atoms with E-state index in [1.54, 1.807) is 0 Å². The second-order valence-corrected chi connectivity index (χ2v) is 4.73. The maximum absolute atomic E-state index is 13.1. The van der Waals surface area contributed by atoms with Crippen LogP contribution in [0.25, 0.3) is 0 Å². The minimum absolute atomic E-state index is 0.109. The predicted octanol–water partition coefficient (Wildman–Crippen LogP) is 1.84. The highest BCUT2D eigenvalue weighted by atomic mass is 32.2. The first-order valence-electron chi connectivity index (χ1n) is 4.99. The average molecular weight is 259 g/mol. The summed E-state index contributed by atoms with van der Waals surface area (Å²) in [7, 11) is 1.54. The molecule has 0 bridgehead atoms. The third kappa shape index (κ3) is 2.42. The summed E-state index contributed by atoms with van der Waals surface area (Å²) in [4.78, 5) is 11.3. The van der Waals surface area contributed by atoms with Gasteiger partial charge < -0.3 is 10.1 Å². The molecular weight excluding hydrogens is 248 g/mol. The molecule has 92 valence electrons. The molecule has 0 aromatic heterocycles. The fourth-order valence-corrected chi connectivity index (χ4v) is 2.56. The summed E-state index contributed by atoms with van der Waals surface area (Å²) in [5.74, 6) is -1.51. The monoisotopic (exact) mass is 259 g/mol. The van der Waals surface area contributed by atoms with Crippen LogP contribution >= 0.6 is 11.8 Å². The number of carbonyl (C=O) groups excluding carboxylic acids is 1. The Kier molecular flexibility index (Phi) is 3.63. The van der Waals surface area contributed by atoms with E-state index in [9.17, 15) is 13.6 Å². The number of ether oxygens (including phenoxy) is 1. The van der Waals surface area contributed by atoms with E-state index in [4.69, 9.17) is 4.74 Å². The van der Waals surface area contributed by atoms with Gasteiger partial charge in [0.05, 0.1) is 12.0 Å². The number of rotatable bonds is 4. The molecule has 1 aromatic rings. The van der Waals surface area contributed by atoms with E-state index in [-0.39, 0.29) is 17.2 Å². The Bertz CT molecular complexity index is 441. The highest BCUT2D eigenvalue weighted by molar-refractivity contribution is 8.00. The van der Waals surface area contributed by atoms with Gasteiger partial charge >= 0.3 is 0 Å². The number of halogens is 2. The van der Waals surface area contributed by atoms with Crippen molar-refractivity contribution in [1.29, 1.82) is 0 Å². The van der Waals surface area contributed by atoms with Gasteiger partial charge in [-0.25, -0.2) is 8.78 Å². The average Bonchev–Trinajstić information content (AvgIpc) is 2.30. The van der Waals surface area contributed by atoms with Crippen LogP contribution in [0.15, 0.2) is 18.2 Å². The van der Waals surface area contributed by atoms with E-state index in [2.05, 4.69) is 5.32 Å². The fraction of sp³-hybridized carbons (Fsp3) is 0.364. The third-order valence-corrected chi connectivity index (χ3v) is 3.74. The Hall–Kier alpha value is -1.14. The van der Waals surface area contributed by atoms with Gasteiger partial charge in [-0.05, 0) is 17.7 Å². The van der Waals surface area contributed by atoms with E-state index in [0.29, 0.717) is 11.5 Å². The van der Waals surface area contributed by atoms with Crippen LogP contribution in [0, 0.1) is 11.6 Å². The molecule has 2 rings (SSSR count). The van der Waals surface area contributed by atoms with E-state index >= 15 is 0 Å².